The highest BCUT2D eigenvalue weighted by Gasteiger charge is 2.32. The number of ether oxygens (including phenoxy) is 1. The van der Waals surface area contributed by atoms with Gasteiger partial charge in [-0.2, -0.15) is 0 Å². The van der Waals surface area contributed by atoms with Gasteiger partial charge in [0.1, 0.15) is 6.61 Å². The zero-order valence-corrected chi connectivity index (χ0v) is 11.3. The van der Waals surface area contributed by atoms with E-state index in [1.165, 1.54) is 25.7 Å². The van der Waals surface area contributed by atoms with Crippen molar-refractivity contribution in [2.75, 3.05) is 13.1 Å². The monoisotopic (exact) mass is 259 g/mol. The molecule has 0 heterocycles. The molecule has 0 N–H and O–H groups in total. The highest BCUT2D eigenvalue weighted by Crippen LogP contribution is 2.34. The highest BCUT2D eigenvalue weighted by atomic mass is 16.6. The maximum absolute atomic E-state index is 12.1. The van der Waals surface area contributed by atoms with Gasteiger partial charge in [-0.25, -0.2) is 4.79 Å². The molecule has 2 fully saturated rings. The lowest BCUT2D eigenvalue weighted by Crippen LogP contribution is -2.35. The zero-order valence-electron chi connectivity index (χ0n) is 11.3. The van der Waals surface area contributed by atoms with Crippen LogP contribution in [0.5, 0.6) is 0 Å². The molecular formula is C16H21NO2. The fourth-order valence-corrected chi connectivity index (χ4v) is 2.26. The second-order valence-electron chi connectivity index (χ2n) is 5.83. The van der Waals surface area contributed by atoms with Crippen LogP contribution in [0.3, 0.4) is 0 Å². The molecule has 1 aromatic rings. The minimum atomic E-state index is -0.136. The van der Waals surface area contributed by atoms with Gasteiger partial charge in [-0.15, -0.1) is 0 Å². The molecule has 0 aliphatic heterocycles. The molecule has 0 spiro atoms. The van der Waals surface area contributed by atoms with Gasteiger partial charge in [0.15, 0.2) is 0 Å². The highest BCUT2D eigenvalue weighted by molar-refractivity contribution is 5.67. The molecule has 3 rings (SSSR count). The van der Waals surface area contributed by atoms with Crippen LogP contribution < -0.4 is 0 Å². The predicted molar refractivity (Wildman–Crippen MR) is 73.6 cm³/mol. The third kappa shape index (κ3) is 3.98. The SMILES string of the molecule is O=C(OCc1ccccc1)N(CC1CC1)CC1CC1. The van der Waals surface area contributed by atoms with Crippen LogP contribution in [-0.4, -0.2) is 24.1 Å². The number of amides is 1. The molecule has 2 aliphatic carbocycles. The molecule has 0 radical (unpaired) electrons. The maximum Gasteiger partial charge on any atom is 0.410 e. The molecule has 0 saturated heterocycles. The van der Waals surface area contributed by atoms with Gasteiger partial charge in [0, 0.05) is 13.1 Å². The molecule has 2 aliphatic rings. The van der Waals surface area contributed by atoms with Gasteiger partial charge >= 0.3 is 6.09 Å². The van der Waals surface area contributed by atoms with E-state index in [1.807, 2.05) is 35.2 Å². The van der Waals surface area contributed by atoms with Gasteiger partial charge in [0.05, 0.1) is 0 Å². The molecule has 0 atom stereocenters. The molecule has 19 heavy (non-hydrogen) atoms. The average molecular weight is 259 g/mol. The van der Waals surface area contributed by atoms with Crippen molar-refractivity contribution in [1.29, 1.82) is 0 Å². The number of nitrogens with zero attached hydrogens (tertiary/aromatic N) is 1. The van der Waals surface area contributed by atoms with Crippen molar-refractivity contribution in [3.63, 3.8) is 0 Å². The quantitative estimate of drug-likeness (QED) is 0.783. The summed E-state index contributed by atoms with van der Waals surface area (Å²) in [6.45, 7) is 2.17. The first-order valence-corrected chi connectivity index (χ1v) is 7.27. The number of benzene rings is 1. The number of hydrogen-bond acceptors (Lipinski definition) is 2. The summed E-state index contributed by atoms with van der Waals surface area (Å²) in [5.74, 6) is 1.45. The summed E-state index contributed by atoms with van der Waals surface area (Å²) < 4.78 is 5.43. The summed E-state index contributed by atoms with van der Waals surface area (Å²) >= 11 is 0. The Balaban J connectivity index is 1.50. The van der Waals surface area contributed by atoms with Crippen LogP contribution >= 0.6 is 0 Å². The van der Waals surface area contributed by atoms with Crippen LogP contribution in [0.25, 0.3) is 0 Å². The first-order valence-electron chi connectivity index (χ1n) is 7.27. The van der Waals surface area contributed by atoms with E-state index < -0.39 is 0 Å². The zero-order chi connectivity index (χ0) is 13.1. The van der Waals surface area contributed by atoms with Gasteiger partial charge in [-0.3, -0.25) is 0 Å². The fourth-order valence-electron chi connectivity index (χ4n) is 2.26. The minimum absolute atomic E-state index is 0.136. The summed E-state index contributed by atoms with van der Waals surface area (Å²) in [7, 11) is 0. The number of rotatable bonds is 6. The van der Waals surface area contributed by atoms with Crippen molar-refractivity contribution in [2.45, 2.75) is 32.3 Å². The largest absolute Gasteiger partial charge is 0.445 e. The third-order valence-electron chi connectivity index (χ3n) is 3.81. The van der Waals surface area contributed by atoms with Crippen molar-refractivity contribution < 1.29 is 9.53 Å². The van der Waals surface area contributed by atoms with Gasteiger partial charge in [-0.05, 0) is 43.1 Å². The minimum Gasteiger partial charge on any atom is -0.445 e. The van der Waals surface area contributed by atoms with E-state index in [9.17, 15) is 4.79 Å². The van der Waals surface area contributed by atoms with Gasteiger partial charge < -0.3 is 9.64 Å². The summed E-state index contributed by atoms with van der Waals surface area (Å²) in [6.07, 6.45) is 4.95. The summed E-state index contributed by atoms with van der Waals surface area (Å²) in [4.78, 5) is 14.1. The van der Waals surface area contributed by atoms with Gasteiger partial charge in [-0.1, -0.05) is 30.3 Å². The second kappa shape index (κ2) is 5.64. The van der Waals surface area contributed by atoms with E-state index in [-0.39, 0.29) is 6.09 Å². The first kappa shape index (κ1) is 12.5. The van der Waals surface area contributed by atoms with Crippen molar-refractivity contribution in [3.8, 4) is 0 Å². The van der Waals surface area contributed by atoms with E-state index in [4.69, 9.17) is 4.74 Å². The number of hydrogen-bond donors (Lipinski definition) is 0. The van der Waals surface area contributed by atoms with E-state index in [2.05, 4.69) is 0 Å². The summed E-state index contributed by atoms with van der Waals surface area (Å²) in [6, 6.07) is 9.88. The van der Waals surface area contributed by atoms with E-state index in [0.29, 0.717) is 6.61 Å². The van der Waals surface area contributed by atoms with E-state index in [1.54, 1.807) is 0 Å². The van der Waals surface area contributed by atoms with Gasteiger partial charge in [0.25, 0.3) is 0 Å². The molecule has 0 unspecified atom stereocenters. The number of carbonyl (C=O) groups excluding carboxylic acids is 1. The molecule has 2 saturated carbocycles. The normalized spacial score (nSPS) is 18.1. The molecule has 3 nitrogen and oxygen atoms in total. The van der Waals surface area contributed by atoms with Crippen LogP contribution in [0.15, 0.2) is 30.3 Å². The van der Waals surface area contributed by atoms with Crippen LogP contribution in [0.2, 0.25) is 0 Å². The second-order valence-corrected chi connectivity index (χ2v) is 5.83. The lowest BCUT2D eigenvalue weighted by molar-refractivity contribution is 0.0927. The molecule has 1 amide bonds. The molecular weight excluding hydrogens is 238 g/mol. The summed E-state index contributed by atoms with van der Waals surface area (Å²) in [5, 5.41) is 0. The van der Waals surface area contributed by atoms with Crippen molar-refractivity contribution in [1.82, 2.24) is 4.90 Å². The summed E-state index contributed by atoms with van der Waals surface area (Å²) in [5.41, 5.74) is 1.05. The molecule has 1 aromatic carbocycles. The Morgan fingerprint density at radius 3 is 2.16 bits per heavy atom. The lowest BCUT2D eigenvalue weighted by Gasteiger charge is -2.22. The topological polar surface area (TPSA) is 29.5 Å². The Labute approximate surface area is 114 Å². The smallest absolute Gasteiger partial charge is 0.410 e. The Kier molecular flexibility index (Phi) is 3.72. The van der Waals surface area contributed by atoms with E-state index >= 15 is 0 Å². The van der Waals surface area contributed by atoms with Gasteiger partial charge in [0.2, 0.25) is 0 Å². The van der Waals surface area contributed by atoms with Crippen LogP contribution in [0.1, 0.15) is 31.2 Å². The third-order valence-corrected chi connectivity index (χ3v) is 3.81. The molecule has 3 heteroatoms. The Hall–Kier alpha value is -1.51. The molecule has 0 bridgehead atoms. The average Bonchev–Trinajstić information content (AvgIpc) is 3.31. The predicted octanol–water partition coefficient (Wildman–Crippen LogP) is 3.45. The molecule has 102 valence electrons. The van der Waals surface area contributed by atoms with Crippen molar-refractivity contribution in [3.05, 3.63) is 35.9 Å². The molecule has 0 aromatic heterocycles. The van der Waals surface area contributed by atoms with Crippen LogP contribution in [-0.2, 0) is 11.3 Å². The first-order chi connectivity index (χ1) is 9.31. The van der Waals surface area contributed by atoms with Crippen LogP contribution in [0.4, 0.5) is 4.79 Å². The fraction of sp³-hybridized carbons (Fsp3) is 0.562. The van der Waals surface area contributed by atoms with Crippen LogP contribution in [0, 0.1) is 11.8 Å². The maximum atomic E-state index is 12.1. The number of carbonyl (C=O) groups is 1. The Morgan fingerprint density at radius 2 is 1.63 bits per heavy atom. The standard InChI is InChI=1S/C16H21NO2/c18-16(19-12-15-4-2-1-3-5-15)17(10-13-6-7-13)11-14-8-9-14/h1-5,13-14H,6-12H2. The van der Waals surface area contributed by atoms with E-state index in [0.717, 1.165) is 30.5 Å². The van der Waals surface area contributed by atoms with Crippen molar-refractivity contribution in [2.24, 2.45) is 11.8 Å². The Morgan fingerprint density at radius 1 is 1.05 bits per heavy atom. The Bertz CT molecular complexity index is 410. The lowest BCUT2D eigenvalue weighted by atomic mass is 10.2. The van der Waals surface area contributed by atoms with Crippen molar-refractivity contribution >= 4 is 6.09 Å².